The van der Waals surface area contributed by atoms with Gasteiger partial charge in [-0.2, -0.15) is 0 Å². The van der Waals surface area contributed by atoms with Gasteiger partial charge >= 0.3 is 0 Å². The smallest absolute Gasteiger partial charge is 0.270 e. The van der Waals surface area contributed by atoms with Crippen LogP contribution in [0.3, 0.4) is 0 Å². The fourth-order valence-electron chi connectivity index (χ4n) is 1.90. The number of halogens is 1. The second kappa shape index (κ2) is 9.14. The van der Waals surface area contributed by atoms with E-state index >= 15 is 0 Å². The molecule has 0 bridgehead atoms. The van der Waals surface area contributed by atoms with Crippen LogP contribution in [-0.4, -0.2) is 23.5 Å². The molecule has 2 aromatic carbocycles. The molecule has 0 saturated heterocycles. The normalized spacial score (nSPS) is 9.84. The van der Waals surface area contributed by atoms with Gasteiger partial charge in [-0.15, -0.1) is 0 Å². The van der Waals surface area contributed by atoms with Crippen molar-refractivity contribution in [1.29, 1.82) is 0 Å². The molecule has 8 heteroatoms. The minimum atomic E-state index is -0.393. The molecule has 0 unspecified atom stereocenters. The van der Waals surface area contributed by atoms with Crippen molar-refractivity contribution in [2.24, 2.45) is 0 Å². The van der Waals surface area contributed by atoms with Crippen LogP contribution in [0.2, 0.25) is 0 Å². The highest BCUT2D eigenvalue weighted by molar-refractivity contribution is 9.10. The Morgan fingerprint density at radius 1 is 1.04 bits per heavy atom. The van der Waals surface area contributed by atoms with Crippen LogP contribution in [0.1, 0.15) is 27.6 Å². The average Bonchev–Trinajstić information content (AvgIpc) is 2.61. The van der Waals surface area contributed by atoms with Crippen molar-refractivity contribution >= 4 is 45.1 Å². The van der Waals surface area contributed by atoms with E-state index in [0.29, 0.717) is 28.0 Å². The van der Waals surface area contributed by atoms with Gasteiger partial charge in [0.15, 0.2) is 5.11 Å². The van der Waals surface area contributed by atoms with Gasteiger partial charge in [0.25, 0.3) is 11.8 Å². The highest BCUT2D eigenvalue weighted by atomic mass is 79.9. The maximum Gasteiger partial charge on any atom is 0.270 e. The first kappa shape index (κ1) is 18.9. The molecule has 2 rings (SSSR count). The third-order valence-electron chi connectivity index (χ3n) is 3.06. The molecular formula is C17H16BrN3O3S. The minimum absolute atomic E-state index is 0.0145. The lowest BCUT2D eigenvalue weighted by atomic mass is 10.2. The van der Waals surface area contributed by atoms with Gasteiger partial charge in [-0.1, -0.05) is 12.1 Å². The fraction of sp³-hybridized carbons (Fsp3) is 0.118. The first-order valence-corrected chi connectivity index (χ1v) is 8.60. The molecule has 0 atom stereocenters. The monoisotopic (exact) mass is 421 g/mol. The van der Waals surface area contributed by atoms with Crippen molar-refractivity contribution in [3.8, 4) is 5.75 Å². The zero-order valence-corrected chi connectivity index (χ0v) is 15.7. The topological polar surface area (TPSA) is 79.5 Å². The first-order chi connectivity index (χ1) is 12.0. The van der Waals surface area contributed by atoms with E-state index in [-0.39, 0.29) is 11.0 Å². The quantitative estimate of drug-likeness (QED) is 0.522. The zero-order valence-electron chi connectivity index (χ0n) is 13.3. The second-order valence-corrected chi connectivity index (χ2v) is 6.06. The standard InChI is InChI=1S/C17H16BrN3O3S/c1-2-24-12-9-7-11(8-10-12)15(22)19-17(25)21-20-16(23)13-5-3-4-6-14(13)18/h3-10H,2H2,1H3,(H,20,23)(H2,19,21,22,25). The summed E-state index contributed by atoms with van der Waals surface area (Å²) in [6, 6.07) is 13.6. The predicted octanol–water partition coefficient (Wildman–Crippen LogP) is 2.80. The van der Waals surface area contributed by atoms with Crippen LogP contribution in [-0.2, 0) is 0 Å². The predicted molar refractivity (Wildman–Crippen MR) is 102 cm³/mol. The number of thiocarbonyl (C=S) groups is 1. The molecule has 3 N–H and O–H groups in total. The molecule has 0 aliphatic carbocycles. The molecule has 0 aromatic heterocycles. The number of ether oxygens (including phenoxy) is 1. The maximum absolute atomic E-state index is 12.1. The Morgan fingerprint density at radius 2 is 1.72 bits per heavy atom. The van der Waals surface area contributed by atoms with Crippen LogP contribution in [0.15, 0.2) is 53.0 Å². The molecule has 6 nitrogen and oxygen atoms in total. The summed E-state index contributed by atoms with van der Waals surface area (Å²) in [5.41, 5.74) is 5.78. The van der Waals surface area contributed by atoms with Gasteiger partial charge in [0.2, 0.25) is 0 Å². The van der Waals surface area contributed by atoms with E-state index in [0.717, 1.165) is 0 Å². The van der Waals surface area contributed by atoms with Crippen molar-refractivity contribution < 1.29 is 14.3 Å². The van der Waals surface area contributed by atoms with Crippen molar-refractivity contribution in [3.63, 3.8) is 0 Å². The average molecular weight is 422 g/mol. The van der Waals surface area contributed by atoms with Gasteiger partial charge < -0.3 is 4.74 Å². The number of hydrazine groups is 1. The van der Waals surface area contributed by atoms with E-state index in [4.69, 9.17) is 17.0 Å². The summed E-state index contributed by atoms with van der Waals surface area (Å²) < 4.78 is 5.97. The Kier molecular flexibility index (Phi) is 6.91. The van der Waals surface area contributed by atoms with Crippen molar-refractivity contribution in [2.75, 3.05) is 6.61 Å². The van der Waals surface area contributed by atoms with E-state index in [1.807, 2.05) is 6.92 Å². The summed E-state index contributed by atoms with van der Waals surface area (Å²) in [5, 5.41) is 2.47. The molecule has 25 heavy (non-hydrogen) atoms. The number of carbonyl (C=O) groups is 2. The van der Waals surface area contributed by atoms with Crippen LogP contribution in [0.25, 0.3) is 0 Å². The van der Waals surface area contributed by atoms with Crippen LogP contribution < -0.4 is 20.9 Å². The van der Waals surface area contributed by atoms with Gasteiger partial charge in [-0.25, -0.2) is 0 Å². The molecular weight excluding hydrogens is 406 g/mol. The molecule has 0 spiro atoms. The third-order valence-corrected chi connectivity index (χ3v) is 3.96. The largest absolute Gasteiger partial charge is 0.494 e. The lowest BCUT2D eigenvalue weighted by molar-refractivity contribution is 0.0934. The Hall–Kier alpha value is -2.45. The Balaban J connectivity index is 1.86. The highest BCUT2D eigenvalue weighted by Crippen LogP contribution is 2.15. The van der Waals surface area contributed by atoms with E-state index in [2.05, 4.69) is 32.1 Å². The van der Waals surface area contributed by atoms with Crippen molar-refractivity contribution in [1.82, 2.24) is 16.2 Å². The van der Waals surface area contributed by atoms with Crippen LogP contribution in [0, 0.1) is 0 Å². The summed E-state index contributed by atoms with van der Waals surface area (Å²) >= 11 is 8.29. The number of nitrogens with one attached hydrogen (secondary N) is 3. The third kappa shape index (κ3) is 5.54. The molecule has 0 fully saturated rings. The molecule has 0 heterocycles. The summed E-state index contributed by atoms with van der Waals surface area (Å²) in [5.74, 6) is -0.0960. The zero-order chi connectivity index (χ0) is 18.2. The first-order valence-electron chi connectivity index (χ1n) is 7.40. The van der Waals surface area contributed by atoms with Gasteiger partial charge in [-0.3, -0.25) is 25.8 Å². The Morgan fingerprint density at radius 3 is 2.36 bits per heavy atom. The van der Waals surface area contributed by atoms with Crippen molar-refractivity contribution in [3.05, 3.63) is 64.1 Å². The summed E-state index contributed by atoms with van der Waals surface area (Å²) in [6.07, 6.45) is 0. The lowest BCUT2D eigenvalue weighted by Gasteiger charge is -2.11. The lowest BCUT2D eigenvalue weighted by Crippen LogP contribution is -2.48. The van der Waals surface area contributed by atoms with Gasteiger partial charge in [0, 0.05) is 10.0 Å². The van der Waals surface area contributed by atoms with E-state index < -0.39 is 5.91 Å². The van der Waals surface area contributed by atoms with E-state index in [9.17, 15) is 9.59 Å². The highest BCUT2D eigenvalue weighted by Gasteiger charge is 2.11. The summed E-state index contributed by atoms with van der Waals surface area (Å²) in [6.45, 7) is 2.43. The van der Waals surface area contributed by atoms with Crippen LogP contribution in [0.5, 0.6) is 5.75 Å². The number of rotatable bonds is 4. The van der Waals surface area contributed by atoms with Gasteiger partial charge in [0.05, 0.1) is 12.2 Å². The Labute approximate surface area is 159 Å². The molecule has 2 amide bonds. The van der Waals surface area contributed by atoms with E-state index in [1.54, 1.807) is 48.5 Å². The van der Waals surface area contributed by atoms with Crippen LogP contribution >= 0.6 is 28.1 Å². The van der Waals surface area contributed by atoms with Gasteiger partial charge in [0.1, 0.15) is 5.75 Å². The molecule has 0 saturated carbocycles. The summed E-state index contributed by atoms with van der Waals surface area (Å²) in [4.78, 5) is 24.1. The number of hydrogen-bond acceptors (Lipinski definition) is 4. The number of benzene rings is 2. The SMILES string of the molecule is CCOc1ccc(C(=O)NC(=S)NNC(=O)c2ccccc2Br)cc1. The minimum Gasteiger partial charge on any atom is -0.494 e. The molecule has 0 aliphatic heterocycles. The number of amides is 2. The molecule has 0 aliphatic rings. The molecule has 2 aromatic rings. The van der Waals surface area contributed by atoms with Crippen LogP contribution in [0.4, 0.5) is 0 Å². The second-order valence-electron chi connectivity index (χ2n) is 4.80. The van der Waals surface area contributed by atoms with Crippen molar-refractivity contribution in [2.45, 2.75) is 6.92 Å². The van der Waals surface area contributed by atoms with E-state index in [1.165, 1.54) is 0 Å². The van der Waals surface area contributed by atoms with Gasteiger partial charge in [-0.05, 0) is 71.5 Å². The number of hydrogen-bond donors (Lipinski definition) is 3. The maximum atomic E-state index is 12.1. The molecule has 0 radical (unpaired) electrons. The Bertz CT molecular complexity index is 781. The number of carbonyl (C=O) groups excluding carboxylic acids is 2. The fourth-order valence-corrected chi connectivity index (χ4v) is 2.51. The molecule has 130 valence electrons. The summed E-state index contributed by atoms with van der Waals surface area (Å²) in [7, 11) is 0.